The second-order valence-electron chi connectivity index (χ2n) is 6.91. The molecule has 0 saturated carbocycles. The van der Waals surface area contributed by atoms with E-state index in [1.54, 1.807) is 23.5 Å². The number of aryl methyl sites for hydroxylation is 2. The molecule has 8 heteroatoms. The van der Waals surface area contributed by atoms with Gasteiger partial charge in [0.1, 0.15) is 0 Å². The van der Waals surface area contributed by atoms with Gasteiger partial charge < -0.3 is 14.6 Å². The van der Waals surface area contributed by atoms with E-state index in [2.05, 4.69) is 41.1 Å². The number of thiazole rings is 1. The fourth-order valence-corrected chi connectivity index (χ4v) is 4.41. The topological polar surface area (TPSA) is 61.6 Å². The number of nitrogens with zero attached hydrogens (tertiary/aromatic N) is 3. The predicted molar refractivity (Wildman–Crippen MR) is 116 cm³/mol. The number of anilines is 1. The summed E-state index contributed by atoms with van der Waals surface area (Å²) in [7, 11) is 0. The van der Waals surface area contributed by atoms with Crippen molar-refractivity contribution >= 4 is 45.0 Å². The molecule has 0 aliphatic carbocycles. The summed E-state index contributed by atoms with van der Waals surface area (Å²) < 4.78 is 6.36. The number of furan rings is 1. The lowest BCUT2D eigenvalue weighted by atomic mass is 10.1. The number of halogens is 1. The summed E-state index contributed by atoms with van der Waals surface area (Å²) in [6, 6.07) is 7.75. The zero-order chi connectivity index (χ0) is 18.8. The zero-order valence-electron chi connectivity index (χ0n) is 16.1. The first kappa shape index (κ1) is 20.6. The highest BCUT2D eigenvalue weighted by Gasteiger charge is 2.20. The van der Waals surface area contributed by atoms with E-state index in [-0.39, 0.29) is 18.3 Å². The fraction of sp³-hybridized carbons (Fsp3) is 0.400. The van der Waals surface area contributed by atoms with Crippen molar-refractivity contribution in [1.29, 1.82) is 0 Å². The van der Waals surface area contributed by atoms with Gasteiger partial charge in [-0.2, -0.15) is 0 Å². The predicted octanol–water partition coefficient (Wildman–Crippen LogP) is 3.48. The Morgan fingerprint density at radius 3 is 2.71 bits per heavy atom. The van der Waals surface area contributed by atoms with Crippen LogP contribution in [0.15, 0.2) is 34.9 Å². The van der Waals surface area contributed by atoms with E-state index in [1.807, 2.05) is 0 Å². The van der Waals surface area contributed by atoms with E-state index >= 15 is 0 Å². The Morgan fingerprint density at radius 1 is 1.21 bits per heavy atom. The van der Waals surface area contributed by atoms with Crippen LogP contribution in [0.4, 0.5) is 5.13 Å². The number of fused-ring (bicyclic) bond motifs is 1. The highest BCUT2D eigenvalue weighted by molar-refractivity contribution is 7.22. The Balaban J connectivity index is 0.00000225. The van der Waals surface area contributed by atoms with Crippen LogP contribution in [0.25, 0.3) is 10.2 Å². The lowest BCUT2D eigenvalue weighted by Gasteiger charge is -2.34. The van der Waals surface area contributed by atoms with Gasteiger partial charge in [-0.1, -0.05) is 17.4 Å². The molecule has 0 unspecified atom stereocenters. The van der Waals surface area contributed by atoms with Crippen LogP contribution >= 0.6 is 23.7 Å². The molecule has 2 aromatic heterocycles. The molecular weight excluding hydrogens is 396 g/mol. The lowest BCUT2D eigenvalue weighted by molar-refractivity contribution is 0.0920. The van der Waals surface area contributed by atoms with Gasteiger partial charge in [0.2, 0.25) is 0 Å². The summed E-state index contributed by atoms with van der Waals surface area (Å²) in [5.41, 5.74) is 3.71. The summed E-state index contributed by atoms with van der Waals surface area (Å²) in [6.07, 6.45) is 1.51. The van der Waals surface area contributed by atoms with Gasteiger partial charge in [0.15, 0.2) is 10.9 Å². The second-order valence-corrected chi connectivity index (χ2v) is 7.92. The number of amides is 1. The molecule has 3 aromatic rings. The van der Waals surface area contributed by atoms with Gasteiger partial charge in [-0.25, -0.2) is 4.98 Å². The number of carbonyl (C=O) groups is 1. The molecule has 0 spiro atoms. The van der Waals surface area contributed by atoms with Crippen LogP contribution in [-0.4, -0.2) is 55.1 Å². The SMILES string of the molecule is Cc1ccc2sc(N3CCN(CCNC(=O)c4ccco4)CC3)nc2c1C.Cl. The van der Waals surface area contributed by atoms with Crippen LogP contribution in [0.1, 0.15) is 21.7 Å². The van der Waals surface area contributed by atoms with Crippen molar-refractivity contribution in [2.75, 3.05) is 44.2 Å². The van der Waals surface area contributed by atoms with Crippen LogP contribution in [0.2, 0.25) is 0 Å². The van der Waals surface area contributed by atoms with E-state index in [0.717, 1.165) is 43.4 Å². The zero-order valence-corrected chi connectivity index (χ0v) is 17.7. The summed E-state index contributed by atoms with van der Waals surface area (Å²) in [5, 5.41) is 4.02. The van der Waals surface area contributed by atoms with Gasteiger partial charge >= 0.3 is 0 Å². The van der Waals surface area contributed by atoms with Crippen molar-refractivity contribution in [2.24, 2.45) is 0 Å². The smallest absolute Gasteiger partial charge is 0.287 e. The number of nitrogens with one attached hydrogen (secondary N) is 1. The van der Waals surface area contributed by atoms with Crippen molar-refractivity contribution in [3.05, 3.63) is 47.4 Å². The molecule has 0 bridgehead atoms. The third-order valence-electron chi connectivity index (χ3n) is 5.17. The maximum atomic E-state index is 11.9. The highest BCUT2D eigenvalue weighted by atomic mass is 35.5. The average molecular weight is 421 g/mol. The monoisotopic (exact) mass is 420 g/mol. The number of hydrogen-bond donors (Lipinski definition) is 1. The molecule has 1 aliphatic heterocycles. The summed E-state index contributed by atoms with van der Waals surface area (Å²) in [5.74, 6) is 0.208. The molecule has 4 rings (SSSR count). The van der Waals surface area contributed by atoms with E-state index in [9.17, 15) is 4.79 Å². The van der Waals surface area contributed by atoms with Crippen molar-refractivity contribution in [3.8, 4) is 0 Å². The molecule has 1 aromatic carbocycles. The van der Waals surface area contributed by atoms with Gasteiger partial charge in [-0.15, -0.1) is 12.4 Å². The molecular formula is C20H25ClN4O2S. The molecule has 3 heterocycles. The molecule has 0 atom stereocenters. The Bertz CT molecular complexity index is 933. The van der Waals surface area contributed by atoms with Gasteiger partial charge in [-0.3, -0.25) is 9.69 Å². The molecule has 1 N–H and O–H groups in total. The molecule has 0 radical (unpaired) electrons. The van der Waals surface area contributed by atoms with Gasteiger partial charge in [0.25, 0.3) is 5.91 Å². The van der Waals surface area contributed by atoms with Gasteiger partial charge in [0, 0.05) is 39.3 Å². The maximum Gasteiger partial charge on any atom is 0.287 e. The summed E-state index contributed by atoms with van der Waals surface area (Å²) >= 11 is 1.78. The Hall–Kier alpha value is -2.09. The maximum absolute atomic E-state index is 11.9. The van der Waals surface area contributed by atoms with Gasteiger partial charge in [0.05, 0.1) is 16.5 Å². The van der Waals surface area contributed by atoms with E-state index < -0.39 is 0 Å². The quantitative estimate of drug-likeness (QED) is 0.684. The van der Waals surface area contributed by atoms with Gasteiger partial charge in [-0.05, 0) is 43.2 Å². The normalized spacial score (nSPS) is 14.9. The van der Waals surface area contributed by atoms with Crippen molar-refractivity contribution < 1.29 is 9.21 Å². The van der Waals surface area contributed by atoms with Crippen molar-refractivity contribution in [2.45, 2.75) is 13.8 Å². The molecule has 150 valence electrons. The second kappa shape index (κ2) is 8.94. The van der Waals surface area contributed by atoms with E-state index in [4.69, 9.17) is 9.40 Å². The van der Waals surface area contributed by atoms with E-state index in [0.29, 0.717) is 12.3 Å². The molecule has 1 amide bonds. The molecule has 6 nitrogen and oxygen atoms in total. The number of aromatic nitrogens is 1. The van der Waals surface area contributed by atoms with Crippen LogP contribution in [-0.2, 0) is 0 Å². The highest BCUT2D eigenvalue weighted by Crippen LogP contribution is 2.32. The number of rotatable bonds is 5. The average Bonchev–Trinajstić information content (AvgIpc) is 3.35. The lowest BCUT2D eigenvalue weighted by Crippen LogP contribution is -2.48. The summed E-state index contributed by atoms with van der Waals surface area (Å²) in [6.45, 7) is 9.63. The minimum Gasteiger partial charge on any atom is -0.459 e. The van der Waals surface area contributed by atoms with Crippen LogP contribution in [0.5, 0.6) is 0 Å². The minimum atomic E-state index is -0.154. The van der Waals surface area contributed by atoms with Crippen molar-refractivity contribution in [3.63, 3.8) is 0 Å². The Morgan fingerprint density at radius 2 is 2.00 bits per heavy atom. The molecule has 1 aliphatic rings. The first-order valence-corrected chi connectivity index (χ1v) is 10.1. The third kappa shape index (κ3) is 4.32. The first-order chi connectivity index (χ1) is 13.1. The van der Waals surface area contributed by atoms with E-state index in [1.165, 1.54) is 22.1 Å². The molecule has 1 saturated heterocycles. The standard InChI is InChI=1S/C20H24N4O2S.ClH/c1-14-5-6-17-18(15(14)2)22-20(27-17)24-11-9-23(10-12-24)8-7-21-19(25)16-4-3-13-26-16;/h3-6,13H,7-12H2,1-2H3,(H,21,25);1H. The Labute approximate surface area is 174 Å². The first-order valence-electron chi connectivity index (χ1n) is 9.27. The number of piperazine rings is 1. The third-order valence-corrected chi connectivity index (χ3v) is 6.26. The number of carbonyl (C=O) groups excluding carboxylic acids is 1. The van der Waals surface area contributed by atoms with Crippen LogP contribution < -0.4 is 10.2 Å². The molecule has 1 fully saturated rings. The molecule has 28 heavy (non-hydrogen) atoms. The van der Waals surface area contributed by atoms with Crippen molar-refractivity contribution in [1.82, 2.24) is 15.2 Å². The number of hydrogen-bond acceptors (Lipinski definition) is 6. The fourth-order valence-electron chi connectivity index (χ4n) is 3.33. The van der Waals surface area contributed by atoms with Crippen LogP contribution in [0.3, 0.4) is 0 Å². The Kier molecular flexibility index (Phi) is 6.59. The largest absolute Gasteiger partial charge is 0.459 e. The number of benzene rings is 1. The summed E-state index contributed by atoms with van der Waals surface area (Å²) in [4.78, 5) is 21.5. The minimum absolute atomic E-state index is 0. The van der Waals surface area contributed by atoms with Crippen LogP contribution in [0, 0.1) is 13.8 Å².